The maximum absolute atomic E-state index is 11.7. The predicted molar refractivity (Wildman–Crippen MR) is 469 cm³/mol. The molecule has 1 amide bonds. The van der Waals surface area contributed by atoms with Gasteiger partial charge < -0.3 is 46.7 Å². The van der Waals surface area contributed by atoms with Crippen LogP contribution in [0.2, 0.25) is 0 Å². The van der Waals surface area contributed by atoms with Crippen LogP contribution >= 0.6 is 63.7 Å². The fourth-order valence-electron chi connectivity index (χ4n) is 10.2. The molecule has 12 aromatic heterocycles. The highest BCUT2D eigenvalue weighted by Crippen LogP contribution is 2.32. The second-order valence-corrected chi connectivity index (χ2v) is 27.1. The van der Waals surface area contributed by atoms with Gasteiger partial charge in [0.1, 0.15) is 51.1 Å². The van der Waals surface area contributed by atoms with Gasteiger partial charge in [0.15, 0.2) is 17.5 Å². The Morgan fingerprint density at radius 3 is 1.01 bits per heavy atom. The van der Waals surface area contributed by atoms with E-state index < -0.39 is 5.91 Å². The van der Waals surface area contributed by atoms with Crippen molar-refractivity contribution in [2.75, 3.05) is 51.4 Å². The number of carbonyl (C=O) groups is 3. The average Bonchev–Trinajstić information content (AvgIpc) is 0.820. The first-order valence-electron chi connectivity index (χ1n) is 34.5. The average molecular weight is 1870 g/mol. The van der Waals surface area contributed by atoms with Crippen LogP contribution in [0.15, 0.2) is 312 Å². The molecule has 0 radical (unpaired) electrons. The summed E-state index contributed by atoms with van der Waals surface area (Å²) in [6.45, 7) is 1.45. The third-order valence-corrected chi connectivity index (χ3v) is 17.6. The number of hydrogen-bond acceptors (Lipinski definition) is 32. The van der Waals surface area contributed by atoms with Crippen LogP contribution in [0, 0.1) is 0 Å². The summed E-state index contributed by atoms with van der Waals surface area (Å²) in [5.74, 6) is 5.55. The van der Waals surface area contributed by atoms with Crippen LogP contribution in [-0.4, -0.2) is 122 Å². The Hall–Kier alpha value is -13.6. The summed E-state index contributed by atoms with van der Waals surface area (Å²) in [5, 5.41) is 11.8. The molecule has 12 heterocycles. The van der Waals surface area contributed by atoms with E-state index in [1.807, 2.05) is 118 Å². The van der Waals surface area contributed by atoms with Gasteiger partial charge in [-0.2, -0.15) is 0 Å². The summed E-state index contributed by atoms with van der Waals surface area (Å²) in [4.78, 5) is 111. The summed E-state index contributed by atoms with van der Waals surface area (Å²) < 4.78 is 13.3. The molecule has 0 unspecified atom stereocenters. The van der Waals surface area contributed by atoms with Gasteiger partial charge in [0.05, 0.1) is 76.0 Å². The Labute approximate surface area is 720 Å². The number of esters is 2. The number of hydroxylamine groups is 1. The molecule has 0 bridgehead atoms. The number of nitrogen functional groups attached to an aromatic ring is 3. The van der Waals surface area contributed by atoms with Gasteiger partial charge in [-0.25, -0.2) is 74.9 Å². The summed E-state index contributed by atoms with van der Waals surface area (Å²) in [5.41, 5.74) is 26.5. The lowest BCUT2D eigenvalue weighted by Crippen LogP contribution is -2.20. The molecule has 31 nitrogen and oxygen atoms in total. The van der Waals surface area contributed by atoms with Crippen molar-refractivity contribution in [3.63, 3.8) is 0 Å². The fraction of sp³-hybridized carbons (Fsp3) is 0.0617. The number of aromatic nitrogens is 17. The molecule has 0 saturated heterocycles. The van der Waals surface area contributed by atoms with Crippen molar-refractivity contribution in [2.45, 2.75) is 19.6 Å². The SMILES string of the molecule is Brc1ccnc(Br)c1.Brc1ccnc(Nc2cnccn2)c1.COC(=O)c1ccc(CN(c2cnccn2)c2cc(-c3ccnc(N)c3)ccn2)cc1.COC(=O)c1ccc(CN(c2cnccn2)c2cc(Br)ccn2)cc1.Nc1cc(-c2ccnc(N(Cc3ccc(C(=O)NO)cc3)c3cnccn3)c2)ccn1.Nc1cnccn1.S=S. The zero-order chi connectivity index (χ0) is 83.8. The van der Waals surface area contributed by atoms with E-state index in [9.17, 15) is 14.4 Å². The van der Waals surface area contributed by atoms with Gasteiger partial charge in [0.2, 0.25) is 0 Å². The molecule has 594 valence electrons. The standard InChI is InChI=1S/C23H20N6O2.C22H19N7O2.C18H15BrN4O2.C9H7BrN4.C5H3Br2N.C4H5N3.S2/c1-31-23(30)17-4-2-16(3-5-17)15-29(22-14-25-10-11-28-22)21-13-19(7-9-27-21)18-6-8-26-20(24)12-18;23-19-11-17(5-7-25-19)18-6-8-26-20(12-18)29(21-13-24-9-10-27-21)14-15-1-3-16(4-2-15)22(30)28-31;1-25-18(24)14-4-2-13(3-5-14)12-23(17-11-20-8-9-22-17)16-10-15(19)6-7-21-16;10-7-1-2-12-8(5-7)14-9-6-11-3-4-13-9;6-4-1-2-8-5(7)3-4;5-4-3-6-1-2-7-4;1-2/h2-14H,15H2,1H3,(H2,24,26);1-13,31H,14H2,(H2,23,25)(H,28,30);2-11H,12H2,1H3;1-6H,(H,12,13,14);1-3H;1-3H,(H2,5,7);. The lowest BCUT2D eigenvalue weighted by atomic mass is 10.1. The largest absolute Gasteiger partial charge is 0.465 e. The molecule has 118 heavy (non-hydrogen) atoms. The number of pyridine rings is 7. The van der Waals surface area contributed by atoms with Gasteiger partial charge in [0, 0.05) is 147 Å². The highest BCUT2D eigenvalue weighted by molar-refractivity contribution is 9.11. The van der Waals surface area contributed by atoms with Crippen LogP contribution in [0.4, 0.5) is 64.0 Å². The van der Waals surface area contributed by atoms with Gasteiger partial charge in [-0.3, -0.25) is 34.9 Å². The molecule has 3 aromatic carbocycles. The van der Waals surface area contributed by atoms with E-state index >= 15 is 0 Å². The first-order valence-corrected chi connectivity index (χ1v) is 39.0. The molecule has 15 rings (SSSR count). The lowest BCUT2D eigenvalue weighted by molar-refractivity contribution is 0.0592. The summed E-state index contributed by atoms with van der Waals surface area (Å²) in [7, 11) is 2.73. The number of methoxy groups -OCH3 is 2. The van der Waals surface area contributed by atoms with Crippen molar-refractivity contribution in [3.8, 4) is 22.3 Å². The number of amides is 1. The minimum atomic E-state index is -0.566. The number of anilines is 11. The molecule has 9 N–H and O–H groups in total. The predicted octanol–water partition coefficient (Wildman–Crippen LogP) is 15.4. The lowest BCUT2D eigenvalue weighted by Gasteiger charge is -2.23. The molecule has 37 heteroatoms. The molecule has 0 fully saturated rings. The van der Waals surface area contributed by atoms with E-state index in [1.165, 1.54) is 20.4 Å². The summed E-state index contributed by atoms with van der Waals surface area (Å²) in [6, 6.07) is 47.8. The summed E-state index contributed by atoms with van der Waals surface area (Å²) in [6.07, 6.45) is 36.3. The summed E-state index contributed by atoms with van der Waals surface area (Å²) >= 11 is 20.7. The van der Waals surface area contributed by atoms with Crippen molar-refractivity contribution in [3.05, 3.63) is 345 Å². The molecule has 0 saturated carbocycles. The van der Waals surface area contributed by atoms with Crippen LogP contribution in [0.5, 0.6) is 0 Å². The number of halogens is 4. The van der Waals surface area contributed by atoms with Gasteiger partial charge in [-0.1, -0.05) is 84.2 Å². The smallest absolute Gasteiger partial charge is 0.337 e. The van der Waals surface area contributed by atoms with E-state index in [2.05, 4.69) is 176 Å². The second kappa shape index (κ2) is 47.3. The number of carbonyl (C=O) groups excluding carboxylic acids is 3. The van der Waals surface area contributed by atoms with Gasteiger partial charge in [0.25, 0.3) is 5.91 Å². The third-order valence-electron chi connectivity index (χ3n) is 15.6. The molecular weight excluding hydrogens is 1800 g/mol. The number of ether oxygens (including phenoxy) is 2. The number of nitrogens with one attached hydrogen (secondary N) is 2. The van der Waals surface area contributed by atoms with Crippen molar-refractivity contribution >= 4 is 168 Å². The van der Waals surface area contributed by atoms with Crippen molar-refractivity contribution in [1.82, 2.24) is 90.2 Å². The minimum Gasteiger partial charge on any atom is -0.465 e. The van der Waals surface area contributed by atoms with E-state index in [1.54, 1.807) is 190 Å². The monoisotopic (exact) mass is 1870 g/mol. The van der Waals surface area contributed by atoms with Crippen LogP contribution in [-0.2, 0) is 51.5 Å². The number of nitrogens with zero attached hydrogens (tertiary/aromatic N) is 20. The molecule has 15 aromatic rings. The first kappa shape index (κ1) is 88.4. The van der Waals surface area contributed by atoms with Crippen LogP contribution < -0.4 is 42.7 Å². The Balaban J connectivity index is 0.000000171. The van der Waals surface area contributed by atoms with Crippen LogP contribution in [0.3, 0.4) is 0 Å². The van der Waals surface area contributed by atoms with E-state index in [0.717, 1.165) is 68.6 Å². The highest BCUT2D eigenvalue weighted by atomic mass is 79.9. The van der Waals surface area contributed by atoms with Gasteiger partial charge in [-0.05, 0) is 176 Å². The first-order chi connectivity index (χ1) is 57.5. The Kier molecular flexibility index (Phi) is 35.5. The molecule has 0 atom stereocenters. The second-order valence-electron chi connectivity index (χ2n) is 23.5. The third kappa shape index (κ3) is 28.5. The quantitative estimate of drug-likeness (QED) is 0.0189. The molecule has 0 aliphatic carbocycles. The zero-order valence-corrected chi connectivity index (χ0v) is 70.3. The Morgan fingerprint density at radius 2 is 0.678 bits per heavy atom. The van der Waals surface area contributed by atoms with Crippen LogP contribution in [0.25, 0.3) is 22.3 Å². The van der Waals surface area contributed by atoms with Crippen molar-refractivity contribution < 1.29 is 29.1 Å². The Morgan fingerprint density at radius 1 is 0.347 bits per heavy atom. The Bertz CT molecular complexity index is 5420. The van der Waals surface area contributed by atoms with Crippen molar-refractivity contribution in [1.29, 1.82) is 0 Å². The maximum atomic E-state index is 11.7. The fourth-order valence-corrected chi connectivity index (χ4v) is 11.8. The number of rotatable bonds is 19. The van der Waals surface area contributed by atoms with Gasteiger partial charge >= 0.3 is 11.9 Å². The minimum absolute atomic E-state index is 0.354. The molecular formula is C81H69Br4N25O6S2. The van der Waals surface area contributed by atoms with Crippen LogP contribution in [0.1, 0.15) is 47.8 Å². The molecule has 0 aliphatic heterocycles. The van der Waals surface area contributed by atoms with E-state index in [0.29, 0.717) is 88.7 Å². The van der Waals surface area contributed by atoms with E-state index in [-0.39, 0.29) is 11.9 Å². The number of nitrogens with two attached hydrogens (primary N) is 3. The molecule has 0 spiro atoms. The topological polar surface area (TPSA) is 421 Å². The normalized spacial score (nSPS) is 10.0. The zero-order valence-electron chi connectivity index (χ0n) is 62.3. The molecule has 0 aliphatic rings. The highest BCUT2D eigenvalue weighted by Gasteiger charge is 2.19. The number of hydrogen-bond donors (Lipinski definition) is 6. The number of benzene rings is 3. The maximum Gasteiger partial charge on any atom is 0.337 e. The van der Waals surface area contributed by atoms with Gasteiger partial charge in [-0.15, -0.1) is 0 Å². The van der Waals surface area contributed by atoms with E-state index in [4.69, 9.17) is 31.9 Å². The van der Waals surface area contributed by atoms with Crippen molar-refractivity contribution in [2.24, 2.45) is 0 Å².